The Bertz CT molecular complexity index is 385. The summed E-state index contributed by atoms with van der Waals surface area (Å²) in [6, 6.07) is 12.4. The fraction of sp³-hybridized carbons (Fsp3) is 0.500. The van der Waals surface area contributed by atoms with Crippen LogP contribution in [-0.4, -0.2) is 29.2 Å². The van der Waals surface area contributed by atoms with Gasteiger partial charge in [0.05, 0.1) is 12.2 Å². The second kappa shape index (κ2) is 5.81. The zero-order valence-electron chi connectivity index (χ0n) is 9.92. The van der Waals surface area contributed by atoms with E-state index in [9.17, 15) is 5.11 Å². The van der Waals surface area contributed by atoms with Crippen molar-refractivity contribution in [3.05, 3.63) is 35.9 Å². The lowest BCUT2D eigenvalue weighted by Gasteiger charge is -2.35. The summed E-state index contributed by atoms with van der Waals surface area (Å²) in [7, 11) is 0. The maximum absolute atomic E-state index is 9.96. The molecule has 1 fully saturated rings. The van der Waals surface area contributed by atoms with E-state index in [2.05, 4.69) is 23.1 Å². The highest BCUT2D eigenvalue weighted by molar-refractivity contribution is 5.14. The summed E-state index contributed by atoms with van der Waals surface area (Å²) in [4.78, 5) is 2.26. The molecule has 0 amide bonds. The molecule has 0 radical (unpaired) electrons. The van der Waals surface area contributed by atoms with Crippen molar-refractivity contribution in [1.82, 2.24) is 4.90 Å². The molecular weight excluding hydrogens is 212 g/mol. The van der Waals surface area contributed by atoms with Crippen molar-refractivity contribution in [3.8, 4) is 6.07 Å². The number of β-amino-alcohol motifs (C(OH)–C–C–N with tert-alkyl or cyclic N) is 1. The molecule has 1 N–H and O–H groups in total. The highest BCUT2D eigenvalue weighted by atomic mass is 16.3. The summed E-state index contributed by atoms with van der Waals surface area (Å²) < 4.78 is 0. The van der Waals surface area contributed by atoms with Crippen molar-refractivity contribution in [2.24, 2.45) is 5.92 Å². The summed E-state index contributed by atoms with van der Waals surface area (Å²) in [6.07, 6.45) is 1.04. The van der Waals surface area contributed by atoms with E-state index in [1.165, 1.54) is 5.56 Å². The molecule has 1 aliphatic heterocycles. The van der Waals surface area contributed by atoms with Crippen LogP contribution in [0.2, 0.25) is 0 Å². The third-order valence-corrected chi connectivity index (χ3v) is 3.41. The van der Waals surface area contributed by atoms with Crippen molar-refractivity contribution >= 4 is 0 Å². The smallest absolute Gasteiger partial charge is 0.0705 e. The van der Waals surface area contributed by atoms with Crippen LogP contribution in [0.15, 0.2) is 30.3 Å². The second-order valence-electron chi connectivity index (χ2n) is 4.70. The lowest BCUT2D eigenvalue weighted by molar-refractivity contribution is 0.0204. The van der Waals surface area contributed by atoms with Crippen LogP contribution in [0.1, 0.15) is 18.4 Å². The van der Waals surface area contributed by atoms with Gasteiger partial charge in [-0.15, -0.1) is 0 Å². The number of aliphatic hydroxyl groups is 1. The molecule has 0 aliphatic carbocycles. The number of nitriles is 1. The first-order valence-electron chi connectivity index (χ1n) is 6.11. The van der Waals surface area contributed by atoms with Crippen LogP contribution >= 0.6 is 0 Å². The van der Waals surface area contributed by atoms with Crippen LogP contribution in [0.5, 0.6) is 0 Å². The minimum absolute atomic E-state index is 0.159. The summed E-state index contributed by atoms with van der Waals surface area (Å²) in [6.45, 7) is 2.54. The molecule has 0 bridgehead atoms. The van der Waals surface area contributed by atoms with Crippen LogP contribution in [0, 0.1) is 17.2 Å². The first kappa shape index (κ1) is 12.1. The van der Waals surface area contributed by atoms with Crippen LogP contribution in [0.25, 0.3) is 0 Å². The largest absolute Gasteiger partial charge is 0.391 e. The number of hydrogen-bond donors (Lipinski definition) is 1. The van der Waals surface area contributed by atoms with Crippen LogP contribution in [0.4, 0.5) is 0 Å². The predicted molar refractivity (Wildman–Crippen MR) is 66.1 cm³/mol. The molecule has 1 saturated heterocycles. The van der Waals surface area contributed by atoms with Gasteiger partial charge in [-0.25, -0.2) is 0 Å². The predicted octanol–water partition coefficient (Wildman–Crippen LogP) is 1.78. The first-order valence-corrected chi connectivity index (χ1v) is 6.11. The normalized spacial score (nSPS) is 25.4. The quantitative estimate of drug-likeness (QED) is 0.861. The van der Waals surface area contributed by atoms with Gasteiger partial charge in [0.1, 0.15) is 0 Å². The molecule has 2 rings (SSSR count). The van der Waals surface area contributed by atoms with Crippen LogP contribution in [0.3, 0.4) is 0 Å². The molecule has 3 heteroatoms. The number of likely N-dealkylation sites (tertiary alicyclic amines) is 1. The first-order chi connectivity index (χ1) is 8.29. The monoisotopic (exact) mass is 230 g/mol. The third-order valence-electron chi connectivity index (χ3n) is 3.41. The van der Waals surface area contributed by atoms with Crippen LogP contribution in [-0.2, 0) is 6.54 Å². The van der Waals surface area contributed by atoms with E-state index in [-0.39, 0.29) is 12.0 Å². The Morgan fingerprint density at radius 3 is 2.76 bits per heavy atom. The van der Waals surface area contributed by atoms with Crippen molar-refractivity contribution in [2.45, 2.75) is 25.5 Å². The summed E-state index contributed by atoms with van der Waals surface area (Å²) >= 11 is 0. The maximum Gasteiger partial charge on any atom is 0.0705 e. The molecule has 1 aliphatic rings. The number of rotatable bonds is 3. The van der Waals surface area contributed by atoms with Gasteiger partial charge >= 0.3 is 0 Å². The molecule has 17 heavy (non-hydrogen) atoms. The molecule has 2 atom stereocenters. The SMILES string of the molecule is N#CC[C@@H]1CCN(Cc2ccccc2)CC1O. The standard InChI is InChI=1S/C14H18N2O/c15-8-6-13-7-9-16(11-14(13)17)10-12-4-2-1-3-5-12/h1-5,13-14,17H,6-7,9-11H2/t13-,14?/m1/s1. The van der Waals surface area contributed by atoms with E-state index < -0.39 is 0 Å². The zero-order chi connectivity index (χ0) is 12.1. The van der Waals surface area contributed by atoms with Crippen molar-refractivity contribution in [2.75, 3.05) is 13.1 Å². The number of hydrogen-bond acceptors (Lipinski definition) is 3. The van der Waals surface area contributed by atoms with E-state index >= 15 is 0 Å². The molecule has 1 unspecified atom stereocenters. The van der Waals surface area contributed by atoms with Gasteiger partial charge in [0.25, 0.3) is 0 Å². The van der Waals surface area contributed by atoms with Gasteiger partial charge in [-0.2, -0.15) is 5.26 Å². The average molecular weight is 230 g/mol. The van der Waals surface area contributed by atoms with Gasteiger partial charge in [0, 0.05) is 25.4 Å². The Morgan fingerprint density at radius 2 is 2.12 bits per heavy atom. The Morgan fingerprint density at radius 1 is 1.35 bits per heavy atom. The summed E-state index contributed by atoms with van der Waals surface area (Å²) in [5, 5.41) is 18.6. The third kappa shape index (κ3) is 3.29. The highest BCUT2D eigenvalue weighted by Crippen LogP contribution is 2.21. The molecule has 0 saturated carbocycles. The van der Waals surface area contributed by atoms with Crippen molar-refractivity contribution < 1.29 is 5.11 Å². The number of benzene rings is 1. The second-order valence-corrected chi connectivity index (χ2v) is 4.70. The van der Waals surface area contributed by atoms with Crippen LogP contribution < -0.4 is 0 Å². The lowest BCUT2D eigenvalue weighted by atomic mass is 9.91. The number of aliphatic hydroxyl groups excluding tert-OH is 1. The molecule has 0 spiro atoms. The highest BCUT2D eigenvalue weighted by Gasteiger charge is 2.27. The van der Waals surface area contributed by atoms with Crippen molar-refractivity contribution in [1.29, 1.82) is 5.26 Å². The van der Waals surface area contributed by atoms with E-state index in [4.69, 9.17) is 5.26 Å². The number of piperidine rings is 1. The zero-order valence-corrected chi connectivity index (χ0v) is 9.92. The van der Waals surface area contributed by atoms with Crippen molar-refractivity contribution in [3.63, 3.8) is 0 Å². The summed E-state index contributed by atoms with van der Waals surface area (Å²) in [5.74, 6) is 0.159. The minimum Gasteiger partial charge on any atom is -0.391 e. The van der Waals surface area contributed by atoms with Gasteiger partial charge in [-0.1, -0.05) is 30.3 Å². The van der Waals surface area contributed by atoms with Gasteiger partial charge < -0.3 is 5.11 Å². The molecule has 1 aromatic carbocycles. The number of nitrogens with zero attached hydrogens (tertiary/aromatic N) is 2. The van der Waals surface area contributed by atoms with Gasteiger partial charge in [-0.3, -0.25) is 4.90 Å². The molecule has 90 valence electrons. The van der Waals surface area contributed by atoms with Gasteiger partial charge in [0.15, 0.2) is 0 Å². The maximum atomic E-state index is 9.96. The average Bonchev–Trinajstić information content (AvgIpc) is 2.34. The minimum atomic E-state index is -0.355. The molecule has 1 heterocycles. The fourth-order valence-electron chi connectivity index (χ4n) is 2.39. The Hall–Kier alpha value is -1.37. The van der Waals surface area contributed by atoms with E-state index in [1.54, 1.807) is 0 Å². The van der Waals surface area contributed by atoms with E-state index in [1.807, 2.05) is 18.2 Å². The Balaban J connectivity index is 1.88. The van der Waals surface area contributed by atoms with Gasteiger partial charge in [0.2, 0.25) is 0 Å². The molecule has 0 aromatic heterocycles. The fourth-order valence-corrected chi connectivity index (χ4v) is 2.39. The Kier molecular flexibility index (Phi) is 4.13. The van der Waals surface area contributed by atoms with E-state index in [0.717, 1.165) is 19.5 Å². The topological polar surface area (TPSA) is 47.3 Å². The van der Waals surface area contributed by atoms with E-state index in [0.29, 0.717) is 13.0 Å². The molecule has 3 nitrogen and oxygen atoms in total. The Labute approximate surface area is 102 Å². The summed E-state index contributed by atoms with van der Waals surface area (Å²) in [5.41, 5.74) is 1.28. The molecule has 1 aromatic rings. The molecular formula is C14H18N2O. The lowest BCUT2D eigenvalue weighted by Crippen LogP contribution is -2.43. The van der Waals surface area contributed by atoms with Gasteiger partial charge in [-0.05, 0) is 18.5 Å².